The zero-order valence-electron chi connectivity index (χ0n) is 11.3. The highest BCUT2D eigenvalue weighted by molar-refractivity contribution is 7.09. The molecule has 2 aromatic heterocycles. The van der Waals surface area contributed by atoms with Crippen molar-refractivity contribution in [2.45, 2.75) is 20.8 Å². The lowest BCUT2D eigenvalue weighted by Gasteiger charge is -2.17. The molecule has 0 aromatic carbocycles. The SMILES string of the molecule is CCN(CC)c1ncc(C#Cc2csc(C)n2)cn1. The Morgan fingerprint density at radius 3 is 2.37 bits per heavy atom. The molecule has 2 rings (SSSR count). The quantitative estimate of drug-likeness (QED) is 0.805. The molecule has 0 aliphatic rings. The van der Waals surface area contributed by atoms with Crippen LogP contribution in [0.4, 0.5) is 5.95 Å². The first-order valence-electron chi connectivity index (χ1n) is 6.24. The number of nitrogens with zero attached hydrogens (tertiary/aromatic N) is 4. The Kier molecular flexibility index (Phi) is 4.48. The van der Waals surface area contributed by atoms with Gasteiger partial charge < -0.3 is 4.90 Å². The number of hydrogen-bond donors (Lipinski definition) is 0. The molecule has 98 valence electrons. The van der Waals surface area contributed by atoms with E-state index in [2.05, 4.69) is 45.5 Å². The van der Waals surface area contributed by atoms with Crippen molar-refractivity contribution in [3.05, 3.63) is 34.0 Å². The third-order valence-electron chi connectivity index (χ3n) is 2.64. The van der Waals surface area contributed by atoms with Crippen LogP contribution in [-0.4, -0.2) is 28.0 Å². The minimum absolute atomic E-state index is 0.750. The van der Waals surface area contributed by atoms with Gasteiger partial charge in [-0.05, 0) is 26.7 Å². The standard InChI is InChI=1S/C14H16N4S/c1-4-18(5-2)14-15-8-12(9-16-14)6-7-13-10-19-11(3)17-13/h8-10H,4-5H2,1-3H3. The Bertz CT molecular complexity index is 588. The predicted octanol–water partition coefficient (Wildman–Crippen LogP) is 2.49. The fourth-order valence-electron chi connectivity index (χ4n) is 1.61. The second kappa shape index (κ2) is 6.30. The van der Waals surface area contributed by atoms with Crippen molar-refractivity contribution in [1.29, 1.82) is 0 Å². The van der Waals surface area contributed by atoms with Gasteiger partial charge in [0.25, 0.3) is 0 Å². The number of thiazole rings is 1. The second-order valence-corrected chi connectivity index (χ2v) is 5.01. The van der Waals surface area contributed by atoms with Crippen LogP contribution in [0, 0.1) is 18.8 Å². The predicted molar refractivity (Wildman–Crippen MR) is 78.4 cm³/mol. The summed E-state index contributed by atoms with van der Waals surface area (Å²) in [5, 5.41) is 2.98. The van der Waals surface area contributed by atoms with Gasteiger partial charge in [-0.1, -0.05) is 5.92 Å². The summed E-state index contributed by atoms with van der Waals surface area (Å²) in [7, 11) is 0. The van der Waals surface area contributed by atoms with E-state index >= 15 is 0 Å². The lowest BCUT2D eigenvalue weighted by molar-refractivity contribution is 0.820. The van der Waals surface area contributed by atoms with Crippen LogP contribution in [-0.2, 0) is 0 Å². The zero-order chi connectivity index (χ0) is 13.7. The Hall–Kier alpha value is -1.93. The molecule has 0 bridgehead atoms. The number of aryl methyl sites for hydroxylation is 1. The summed E-state index contributed by atoms with van der Waals surface area (Å²) in [4.78, 5) is 15.1. The average Bonchev–Trinajstić information content (AvgIpc) is 2.85. The van der Waals surface area contributed by atoms with Crippen molar-refractivity contribution in [2.75, 3.05) is 18.0 Å². The van der Waals surface area contributed by atoms with Gasteiger partial charge in [0.1, 0.15) is 5.69 Å². The van der Waals surface area contributed by atoms with Crippen LogP contribution < -0.4 is 4.90 Å². The van der Waals surface area contributed by atoms with E-state index in [4.69, 9.17) is 0 Å². The largest absolute Gasteiger partial charge is 0.341 e. The summed E-state index contributed by atoms with van der Waals surface area (Å²) in [6.07, 6.45) is 3.51. The molecule has 0 amide bonds. The van der Waals surface area contributed by atoms with E-state index in [0.717, 1.165) is 35.3 Å². The molecular weight excluding hydrogens is 256 g/mol. The summed E-state index contributed by atoms with van der Waals surface area (Å²) in [5.74, 6) is 6.79. The molecule has 0 saturated heterocycles. The van der Waals surface area contributed by atoms with Gasteiger partial charge in [-0.2, -0.15) is 0 Å². The van der Waals surface area contributed by atoms with Gasteiger partial charge in [-0.3, -0.25) is 0 Å². The van der Waals surface area contributed by atoms with Crippen molar-refractivity contribution in [3.63, 3.8) is 0 Å². The summed E-state index contributed by atoms with van der Waals surface area (Å²) < 4.78 is 0. The lowest BCUT2D eigenvalue weighted by Crippen LogP contribution is -2.23. The zero-order valence-corrected chi connectivity index (χ0v) is 12.2. The van der Waals surface area contributed by atoms with Crippen molar-refractivity contribution in [1.82, 2.24) is 15.0 Å². The summed E-state index contributed by atoms with van der Waals surface area (Å²) in [6, 6.07) is 0. The number of aromatic nitrogens is 3. The molecule has 0 saturated carbocycles. The smallest absolute Gasteiger partial charge is 0.225 e. The topological polar surface area (TPSA) is 41.9 Å². The monoisotopic (exact) mass is 272 g/mol. The van der Waals surface area contributed by atoms with E-state index in [1.54, 1.807) is 23.7 Å². The Morgan fingerprint density at radius 2 is 1.84 bits per heavy atom. The molecule has 0 radical (unpaired) electrons. The maximum Gasteiger partial charge on any atom is 0.225 e. The van der Waals surface area contributed by atoms with Crippen LogP contribution in [0.3, 0.4) is 0 Å². The highest BCUT2D eigenvalue weighted by Gasteiger charge is 2.03. The summed E-state index contributed by atoms with van der Waals surface area (Å²) in [6.45, 7) is 7.95. The Morgan fingerprint density at radius 1 is 1.16 bits per heavy atom. The van der Waals surface area contributed by atoms with Crippen LogP contribution in [0.1, 0.15) is 30.1 Å². The van der Waals surface area contributed by atoms with Gasteiger partial charge >= 0.3 is 0 Å². The molecule has 0 N–H and O–H groups in total. The van der Waals surface area contributed by atoms with Gasteiger partial charge in [0, 0.05) is 30.9 Å². The third-order valence-corrected chi connectivity index (χ3v) is 3.41. The van der Waals surface area contributed by atoms with Gasteiger partial charge in [-0.15, -0.1) is 11.3 Å². The molecule has 0 atom stereocenters. The van der Waals surface area contributed by atoms with Gasteiger partial charge in [-0.25, -0.2) is 15.0 Å². The molecule has 0 aliphatic carbocycles. The molecule has 19 heavy (non-hydrogen) atoms. The molecule has 0 unspecified atom stereocenters. The first kappa shape index (κ1) is 13.5. The first-order valence-corrected chi connectivity index (χ1v) is 7.12. The highest BCUT2D eigenvalue weighted by atomic mass is 32.1. The number of rotatable bonds is 3. The van der Waals surface area contributed by atoms with Crippen molar-refractivity contribution in [2.24, 2.45) is 0 Å². The maximum absolute atomic E-state index is 4.33. The van der Waals surface area contributed by atoms with E-state index in [1.165, 1.54) is 0 Å². The Balaban J connectivity index is 2.13. The molecule has 2 aromatic rings. The fourth-order valence-corrected chi connectivity index (χ4v) is 2.16. The van der Waals surface area contributed by atoms with Crippen molar-refractivity contribution >= 4 is 17.3 Å². The van der Waals surface area contributed by atoms with Crippen LogP contribution >= 0.6 is 11.3 Å². The van der Waals surface area contributed by atoms with E-state index in [1.807, 2.05) is 12.3 Å². The minimum Gasteiger partial charge on any atom is -0.341 e. The molecule has 5 heteroatoms. The number of anilines is 1. The van der Waals surface area contributed by atoms with Crippen LogP contribution in [0.2, 0.25) is 0 Å². The van der Waals surface area contributed by atoms with Crippen molar-refractivity contribution < 1.29 is 0 Å². The molecule has 2 heterocycles. The molecule has 0 aliphatic heterocycles. The van der Waals surface area contributed by atoms with E-state index in [0.29, 0.717) is 0 Å². The maximum atomic E-state index is 4.33. The third kappa shape index (κ3) is 3.52. The highest BCUT2D eigenvalue weighted by Crippen LogP contribution is 2.08. The number of hydrogen-bond acceptors (Lipinski definition) is 5. The van der Waals surface area contributed by atoms with Gasteiger partial charge in [0.05, 0.1) is 10.6 Å². The van der Waals surface area contributed by atoms with Crippen molar-refractivity contribution in [3.8, 4) is 11.8 Å². The van der Waals surface area contributed by atoms with Crippen LogP contribution in [0.5, 0.6) is 0 Å². The van der Waals surface area contributed by atoms with Gasteiger partial charge in [0.15, 0.2) is 0 Å². The molecule has 0 fully saturated rings. The normalized spacial score (nSPS) is 9.84. The average molecular weight is 272 g/mol. The second-order valence-electron chi connectivity index (χ2n) is 3.95. The minimum atomic E-state index is 0.750. The summed E-state index contributed by atoms with van der Waals surface area (Å²) >= 11 is 1.60. The van der Waals surface area contributed by atoms with Crippen LogP contribution in [0.25, 0.3) is 0 Å². The van der Waals surface area contributed by atoms with E-state index in [9.17, 15) is 0 Å². The first-order chi connectivity index (χ1) is 9.22. The van der Waals surface area contributed by atoms with Crippen LogP contribution in [0.15, 0.2) is 17.8 Å². The Labute approximate surface area is 117 Å². The van der Waals surface area contributed by atoms with E-state index in [-0.39, 0.29) is 0 Å². The molecule has 4 nitrogen and oxygen atoms in total. The van der Waals surface area contributed by atoms with Gasteiger partial charge in [0.2, 0.25) is 5.95 Å². The molecular formula is C14H16N4S. The molecule has 0 spiro atoms. The lowest BCUT2D eigenvalue weighted by atomic mass is 10.3. The summed E-state index contributed by atoms with van der Waals surface area (Å²) in [5.41, 5.74) is 1.61. The van der Waals surface area contributed by atoms with E-state index < -0.39 is 0 Å². The fraction of sp³-hybridized carbons (Fsp3) is 0.357.